The minimum atomic E-state index is -0.342. The molecule has 0 spiro atoms. The van der Waals surface area contributed by atoms with E-state index in [-0.39, 0.29) is 21.4 Å². The van der Waals surface area contributed by atoms with Crippen LogP contribution in [0.5, 0.6) is 0 Å². The fraction of sp³-hybridized carbons (Fsp3) is 0.818. The summed E-state index contributed by atoms with van der Waals surface area (Å²) in [4.78, 5) is 0. The van der Waals surface area contributed by atoms with Gasteiger partial charge in [0.15, 0.2) is 0 Å². The van der Waals surface area contributed by atoms with Crippen molar-refractivity contribution in [1.29, 1.82) is 0 Å². The molecule has 1 aliphatic rings. The van der Waals surface area contributed by atoms with E-state index < -0.39 is 0 Å². The van der Waals surface area contributed by atoms with Crippen LogP contribution in [0.25, 0.3) is 0 Å². The Labute approximate surface area is 100.0 Å². The first-order valence-corrected chi connectivity index (χ1v) is 8.55. The standard InChI is InChI=1S/C11H22BN.Sn/c1-6-10(7-2)11(13-5)12(8-3)9-4;/h11H,6,8-9H2,1-5H3;/q-1;+1. The van der Waals surface area contributed by atoms with Crippen LogP contribution in [-0.4, -0.2) is 44.2 Å². The number of likely N-dealkylation sites (N-methyl/N-ethyl adjacent to an activating group) is 1. The number of hydrogen-bond donors (Lipinski definition) is 0. The Hall–Kier alpha value is 0.564. The molecule has 0 aromatic rings. The van der Waals surface area contributed by atoms with Crippen LogP contribution in [0.1, 0.15) is 34.1 Å². The molecule has 0 aromatic heterocycles. The molecule has 0 fully saturated rings. The van der Waals surface area contributed by atoms with Gasteiger partial charge in [-0.05, 0) is 0 Å². The van der Waals surface area contributed by atoms with Crippen LogP contribution >= 0.6 is 0 Å². The monoisotopic (exact) mass is 299 g/mol. The van der Waals surface area contributed by atoms with Crippen LogP contribution in [0.2, 0.25) is 12.6 Å². The number of hydrogen-bond acceptors (Lipinski definition) is 1. The molecule has 0 saturated carbocycles. The van der Waals surface area contributed by atoms with Crippen LogP contribution in [0, 0.1) is 0 Å². The zero-order chi connectivity index (χ0) is 10.7. The molecule has 1 atom stereocenters. The summed E-state index contributed by atoms with van der Waals surface area (Å²) in [5, 5.41) is 0. The third kappa shape index (κ3) is 2.38. The van der Waals surface area contributed by atoms with E-state index in [1.165, 1.54) is 19.1 Å². The van der Waals surface area contributed by atoms with Gasteiger partial charge in [-0.1, -0.05) is 0 Å². The van der Waals surface area contributed by atoms with E-state index >= 15 is 0 Å². The third-order valence-electron chi connectivity index (χ3n) is 3.48. The van der Waals surface area contributed by atoms with Gasteiger partial charge in [-0.3, -0.25) is 0 Å². The van der Waals surface area contributed by atoms with E-state index in [4.69, 9.17) is 0 Å². The molecule has 1 heterocycles. The Morgan fingerprint density at radius 1 is 1.29 bits per heavy atom. The molecule has 14 heavy (non-hydrogen) atoms. The van der Waals surface area contributed by atoms with Gasteiger partial charge in [-0.15, -0.1) is 0 Å². The molecule has 0 amide bonds. The van der Waals surface area contributed by atoms with Crippen LogP contribution in [0.4, 0.5) is 0 Å². The first kappa shape index (κ1) is 12.6. The molecule has 0 aromatic carbocycles. The summed E-state index contributed by atoms with van der Waals surface area (Å²) in [6, 6.07) is 0. The van der Waals surface area contributed by atoms with Crippen LogP contribution in [0.3, 0.4) is 0 Å². The first-order valence-electron chi connectivity index (χ1n) is 5.84. The zero-order valence-electron chi connectivity index (χ0n) is 10.2. The molecule has 1 nitrogen and oxygen atoms in total. The summed E-state index contributed by atoms with van der Waals surface area (Å²) in [5.74, 6) is 0.807. The summed E-state index contributed by atoms with van der Waals surface area (Å²) >= 11 is -0.342. The molecule has 0 bridgehead atoms. The quantitative estimate of drug-likeness (QED) is 0.721. The maximum atomic E-state index is 2.70. The predicted octanol–water partition coefficient (Wildman–Crippen LogP) is 2.68. The van der Waals surface area contributed by atoms with Crippen molar-refractivity contribution in [3.05, 3.63) is 9.16 Å². The van der Waals surface area contributed by atoms with Gasteiger partial charge in [0.05, 0.1) is 0 Å². The van der Waals surface area contributed by atoms with E-state index in [0.29, 0.717) is 0 Å². The molecule has 1 rings (SSSR count). The third-order valence-corrected chi connectivity index (χ3v) is 7.15. The molecule has 3 heteroatoms. The van der Waals surface area contributed by atoms with Crippen molar-refractivity contribution in [2.75, 3.05) is 7.05 Å². The molecule has 0 saturated heterocycles. The zero-order valence-corrected chi connectivity index (χ0v) is 13.1. The second-order valence-corrected chi connectivity index (χ2v) is 9.04. The van der Waals surface area contributed by atoms with Crippen LogP contribution in [-0.2, 0) is 0 Å². The first-order chi connectivity index (χ1) is 6.65. The van der Waals surface area contributed by atoms with E-state index in [0.717, 1.165) is 12.7 Å². The van der Waals surface area contributed by atoms with Crippen molar-refractivity contribution in [3.8, 4) is 0 Å². The number of nitrogens with zero attached hydrogens (tertiary/aromatic N) is 1. The van der Waals surface area contributed by atoms with E-state index in [1.54, 1.807) is 9.16 Å². The maximum absolute atomic E-state index is 2.70. The molecule has 0 aliphatic carbocycles. The van der Waals surface area contributed by atoms with Gasteiger partial charge in [0.1, 0.15) is 0 Å². The molecule has 0 N–H and O–H groups in total. The van der Waals surface area contributed by atoms with Crippen LogP contribution < -0.4 is 0 Å². The Bertz CT molecular complexity index is 223. The van der Waals surface area contributed by atoms with Crippen molar-refractivity contribution in [2.45, 2.75) is 52.7 Å². The molecular weight excluding hydrogens is 276 g/mol. The van der Waals surface area contributed by atoms with Gasteiger partial charge >= 0.3 is 100 Å². The summed E-state index contributed by atoms with van der Waals surface area (Å²) in [7, 11) is 2.35. The van der Waals surface area contributed by atoms with Crippen molar-refractivity contribution >= 4 is 28.1 Å². The molecule has 1 unspecified atom stereocenters. The van der Waals surface area contributed by atoms with Gasteiger partial charge in [-0.2, -0.15) is 0 Å². The second kappa shape index (κ2) is 5.59. The number of rotatable bonds is 4. The normalized spacial score (nSPS) is 23.4. The van der Waals surface area contributed by atoms with Crippen molar-refractivity contribution in [3.63, 3.8) is 0 Å². The Morgan fingerprint density at radius 3 is 2.29 bits per heavy atom. The second-order valence-electron chi connectivity index (χ2n) is 4.25. The minimum absolute atomic E-state index is 0.342. The van der Waals surface area contributed by atoms with Gasteiger partial charge in [0.25, 0.3) is 0 Å². The molecule has 2 radical (unpaired) electrons. The average molecular weight is 298 g/mol. The SMILES string of the molecule is CCB(CC)C1C(CC)=[C](C)[Sn][N]1C. The van der Waals surface area contributed by atoms with Gasteiger partial charge in [-0.25, -0.2) is 0 Å². The van der Waals surface area contributed by atoms with E-state index in [1.807, 2.05) is 0 Å². The summed E-state index contributed by atoms with van der Waals surface area (Å²) in [6.07, 6.45) is 3.95. The summed E-state index contributed by atoms with van der Waals surface area (Å²) < 4.78 is 4.49. The van der Waals surface area contributed by atoms with E-state index in [9.17, 15) is 0 Å². The fourth-order valence-corrected chi connectivity index (χ4v) is 6.96. The topological polar surface area (TPSA) is 3.24 Å². The molecular formula is C11H22BNSn. The predicted molar refractivity (Wildman–Crippen MR) is 67.0 cm³/mol. The average Bonchev–Trinajstić information content (AvgIpc) is 2.44. The summed E-state index contributed by atoms with van der Waals surface area (Å²) in [5.41, 5.74) is 1.78. The Morgan fingerprint density at radius 2 is 1.86 bits per heavy atom. The van der Waals surface area contributed by atoms with Crippen LogP contribution in [0.15, 0.2) is 9.16 Å². The molecule has 78 valence electrons. The number of allylic oxidation sites excluding steroid dienone is 1. The fourth-order valence-electron chi connectivity index (χ4n) is 2.67. The van der Waals surface area contributed by atoms with Crippen molar-refractivity contribution in [2.24, 2.45) is 0 Å². The van der Waals surface area contributed by atoms with Gasteiger partial charge in [0, 0.05) is 0 Å². The van der Waals surface area contributed by atoms with Gasteiger partial charge < -0.3 is 0 Å². The Kier molecular flexibility index (Phi) is 5.05. The van der Waals surface area contributed by atoms with Crippen molar-refractivity contribution in [1.82, 2.24) is 3.12 Å². The van der Waals surface area contributed by atoms with Crippen molar-refractivity contribution < 1.29 is 0 Å². The molecule has 1 aliphatic heterocycles. The summed E-state index contributed by atoms with van der Waals surface area (Å²) in [6.45, 7) is 10.3. The Balaban J connectivity index is 2.84. The van der Waals surface area contributed by atoms with E-state index in [2.05, 4.69) is 37.9 Å². The van der Waals surface area contributed by atoms with Gasteiger partial charge in [0.2, 0.25) is 0 Å².